The van der Waals surface area contributed by atoms with Crippen molar-refractivity contribution in [2.45, 2.75) is 32.6 Å². The van der Waals surface area contributed by atoms with Crippen LogP contribution in [0.1, 0.15) is 31.7 Å². The van der Waals surface area contributed by atoms with Gasteiger partial charge in [0, 0.05) is 12.5 Å². The third-order valence-electron chi connectivity index (χ3n) is 2.63. The Morgan fingerprint density at radius 1 is 1.42 bits per heavy atom. The maximum absolute atomic E-state index is 10.9. The van der Waals surface area contributed by atoms with Crippen LogP contribution in [0.15, 0.2) is 18.2 Å². The largest absolute Gasteiger partial charge is 0.487 e. The number of ether oxygens (including phenoxy) is 1. The fourth-order valence-electron chi connectivity index (χ4n) is 1.74. The van der Waals surface area contributed by atoms with Gasteiger partial charge in [-0.15, -0.1) is 0 Å². The van der Waals surface area contributed by atoms with Gasteiger partial charge >= 0.3 is 11.7 Å². The van der Waals surface area contributed by atoms with Gasteiger partial charge in [0.15, 0.2) is 5.75 Å². The first kappa shape index (κ1) is 14.9. The molecule has 1 aromatic rings. The summed E-state index contributed by atoms with van der Waals surface area (Å²) in [4.78, 5) is 20.8. The number of nitro groups is 1. The number of unbranched alkanes of at least 4 members (excludes halogenated alkanes) is 1. The van der Waals surface area contributed by atoms with E-state index in [4.69, 9.17) is 9.84 Å². The Labute approximate surface area is 111 Å². The summed E-state index contributed by atoms with van der Waals surface area (Å²) >= 11 is 0. The summed E-state index contributed by atoms with van der Waals surface area (Å²) in [6.45, 7) is 2.14. The molecule has 0 fully saturated rings. The van der Waals surface area contributed by atoms with E-state index in [1.54, 1.807) is 19.1 Å². The predicted octanol–water partition coefficient (Wildman–Crippen LogP) is 2.79. The van der Waals surface area contributed by atoms with Crippen molar-refractivity contribution < 1.29 is 19.6 Å². The maximum Gasteiger partial charge on any atom is 0.311 e. The number of aryl methyl sites for hydroxylation is 1. The van der Waals surface area contributed by atoms with Gasteiger partial charge in [-0.2, -0.15) is 0 Å². The van der Waals surface area contributed by atoms with Crippen LogP contribution in [0.3, 0.4) is 0 Å². The summed E-state index contributed by atoms with van der Waals surface area (Å²) in [7, 11) is 0. The molecule has 0 atom stereocenters. The van der Waals surface area contributed by atoms with Gasteiger partial charge in [-0.25, -0.2) is 0 Å². The molecule has 0 aromatic heterocycles. The number of aliphatic carboxylic acids is 1. The molecule has 0 aliphatic carbocycles. The summed E-state index contributed by atoms with van der Waals surface area (Å²) in [6.07, 6.45) is 2.01. The molecule has 0 bridgehead atoms. The van der Waals surface area contributed by atoms with Crippen LogP contribution in [0.5, 0.6) is 5.75 Å². The van der Waals surface area contributed by atoms with E-state index in [0.29, 0.717) is 25.9 Å². The van der Waals surface area contributed by atoms with Crippen LogP contribution in [0.4, 0.5) is 5.69 Å². The molecule has 0 unspecified atom stereocenters. The summed E-state index contributed by atoms with van der Waals surface area (Å²) in [5.74, 6) is -0.556. The first-order valence-corrected chi connectivity index (χ1v) is 6.16. The monoisotopic (exact) mass is 267 g/mol. The van der Waals surface area contributed by atoms with Crippen LogP contribution >= 0.6 is 0 Å². The van der Waals surface area contributed by atoms with Gasteiger partial charge in [-0.05, 0) is 37.8 Å². The highest BCUT2D eigenvalue weighted by atomic mass is 16.6. The molecule has 19 heavy (non-hydrogen) atoms. The SMILES string of the molecule is CCOc1ccc(CCCCC(=O)O)cc1[N+](=O)[O-]. The molecule has 6 nitrogen and oxygen atoms in total. The van der Waals surface area contributed by atoms with E-state index in [1.165, 1.54) is 6.07 Å². The lowest BCUT2D eigenvalue weighted by atomic mass is 10.1. The van der Waals surface area contributed by atoms with E-state index in [9.17, 15) is 14.9 Å². The second-order valence-electron chi connectivity index (χ2n) is 4.09. The van der Waals surface area contributed by atoms with Crippen LogP contribution in [-0.4, -0.2) is 22.6 Å². The Balaban J connectivity index is 2.67. The smallest absolute Gasteiger partial charge is 0.311 e. The van der Waals surface area contributed by atoms with E-state index in [2.05, 4.69) is 0 Å². The van der Waals surface area contributed by atoms with Gasteiger partial charge in [0.05, 0.1) is 11.5 Å². The average Bonchev–Trinajstić information content (AvgIpc) is 2.36. The van der Waals surface area contributed by atoms with Crippen molar-refractivity contribution in [3.05, 3.63) is 33.9 Å². The highest BCUT2D eigenvalue weighted by Gasteiger charge is 2.15. The zero-order valence-electron chi connectivity index (χ0n) is 10.8. The molecule has 6 heteroatoms. The first-order valence-electron chi connectivity index (χ1n) is 6.16. The second-order valence-corrected chi connectivity index (χ2v) is 4.09. The summed E-state index contributed by atoms with van der Waals surface area (Å²) < 4.78 is 5.19. The number of hydrogen-bond acceptors (Lipinski definition) is 4. The lowest BCUT2D eigenvalue weighted by Crippen LogP contribution is -1.99. The number of benzene rings is 1. The minimum absolute atomic E-state index is 0.0439. The fourth-order valence-corrected chi connectivity index (χ4v) is 1.74. The second kappa shape index (κ2) is 7.35. The van der Waals surface area contributed by atoms with Crippen LogP contribution in [0.25, 0.3) is 0 Å². The third-order valence-corrected chi connectivity index (χ3v) is 2.63. The molecule has 0 saturated carbocycles. The minimum atomic E-state index is -0.822. The van der Waals surface area contributed by atoms with Crippen molar-refractivity contribution in [3.8, 4) is 5.75 Å². The number of nitrogens with zero attached hydrogens (tertiary/aromatic N) is 1. The van der Waals surface area contributed by atoms with E-state index < -0.39 is 10.9 Å². The Bertz CT molecular complexity index is 458. The predicted molar refractivity (Wildman–Crippen MR) is 69.5 cm³/mol. The highest BCUT2D eigenvalue weighted by molar-refractivity contribution is 5.66. The van der Waals surface area contributed by atoms with Crippen molar-refractivity contribution in [1.29, 1.82) is 0 Å². The Morgan fingerprint density at radius 2 is 2.16 bits per heavy atom. The van der Waals surface area contributed by atoms with E-state index in [-0.39, 0.29) is 17.9 Å². The van der Waals surface area contributed by atoms with E-state index in [0.717, 1.165) is 5.56 Å². The molecule has 0 saturated heterocycles. The zero-order valence-corrected chi connectivity index (χ0v) is 10.8. The van der Waals surface area contributed by atoms with Gasteiger partial charge in [0.1, 0.15) is 0 Å². The molecule has 0 heterocycles. The van der Waals surface area contributed by atoms with Gasteiger partial charge in [0.2, 0.25) is 0 Å². The van der Waals surface area contributed by atoms with Crippen LogP contribution in [0, 0.1) is 10.1 Å². The normalized spacial score (nSPS) is 10.2. The molecule has 1 N–H and O–H groups in total. The van der Waals surface area contributed by atoms with E-state index >= 15 is 0 Å². The molecule has 0 amide bonds. The number of carboxylic acid groups (broad SMARTS) is 1. The summed E-state index contributed by atoms with van der Waals surface area (Å²) in [5, 5.41) is 19.4. The van der Waals surface area contributed by atoms with Crippen molar-refractivity contribution in [2.24, 2.45) is 0 Å². The molecule has 1 rings (SSSR count). The molecule has 0 radical (unpaired) electrons. The van der Waals surface area contributed by atoms with Crippen molar-refractivity contribution >= 4 is 11.7 Å². The Morgan fingerprint density at radius 3 is 2.74 bits per heavy atom. The number of carbonyl (C=O) groups is 1. The third kappa shape index (κ3) is 4.95. The Kier molecular flexibility index (Phi) is 5.78. The average molecular weight is 267 g/mol. The van der Waals surface area contributed by atoms with Crippen LogP contribution in [-0.2, 0) is 11.2 Å². The molecule has 0 aliphatic rings. The molecular weight excluding hydrogens is 250 g/mol. The quantitative estimate of drug-likeness (QED) is 0.444. The van der Waals surface area contributed by atoms with Gasteiger partial charge in [-0.1, -0.05) is 6.07 Å². The fraction of sp³-hybridized carbons (Fsp3) is 0.462. The van der Waals surface area contributed by atoms with Gasteiger partial charge in [-0.3, -0.25) is 14.9 Å². The lowest BCUT2D eigenvalue weighted by molar-refractivity contribution is -0.385. The van der Waals surface area contributed by atoms with Crippen LogP contribution in [0.2, 0.25) is 0 Å². The van der Waals surface area contributed by atoms with Crippen molar-refractivity contribution in [2.75, 3.05) is 6.61 Å². The van der Waals surface area contributed by atoms with Crippen LogP contribution < -0.4 is 4.74 Å². The maximum atomic E-state index is 10.9. The van der Waals surface area contributed by atoms with E-state index in [1.807, 2.05) is 0 Å². The number of hydrogen-bond donors (Lipinski definition) is 1. The molecule has 104 valence electrons. The molecular formula is C13H17NO5. The standard InChI is InChI=1S/C13H17NO5/c1-2-19-12-8-7-10(9-11(12)14(17)18)5-3-4-6-13(15)16/h7-9H,2-6H2,1H3,(H,15,16). The molecule has 1 aromatic carbocycles. The number of carboxylic acids is 1. The summed E-state index contributed by atoms with van der Waals surface area (Å²) in [5.41, 5.74) is 0.776. The van der Waals surface area contributed by atoms with Gasteiger partial charge < -0.3 is 9.84 Å². The van der Waals surface area contributed by atoms with Crippen molar-refractivity contribution in [1.82, 2.24) is 0 Å². The molecule has 0 spiro atoms. The van der Waals surface area contributed by atoms with Gasteiger partial charge in [0.25, 0.3) is 0 Å². The molecule has 0 aliphatic heterocycles. The summed E-state index contributed by atoms with van der Waals surface area (Å²) in [6, 6.07) is 4.86. The first-order chi connectivity index (χ1) is 9.04. The minimum Gasteiger partial charge on any atom is -0.487 e. The zero-order chi connectivity index (χ0) is 14.3. The topological polar surface area (TPSA) is 89.7 Å². The number of nitro benzene ring substituents is 1. The number of rotatable bonds is 8. The Hall–Kier alpha value is -2.11. The van der Waals surface area contributed by atoms with Crippen molar-refractivity contribution in [3.63, 3.8) is 0 Å². The highest BCUT2D eigenvalue weighted by Crippen LogP contribution is 2.28. The lowest BCUT2D eigenvalue weighted by Gasteiger charge is -2.06.